The monoisotopic (exact) mass is 248 g/mol. The van der Waals surface area contributed by atoms with Crippen molar-refractivity contribution in [2.45, 2.75) is 0 Å². The number of carbonyl (C=O) groups excluding carboxylic acids is 1. The van der Waals surface area contributed by atoms with Gasteiger partial charge in [-0.3, -0.25) is 10.1 Å². The summed E-state index contributed by atoms with van der Waals surface area (Å²) in [6.45, 7) is 0. The van der Waals surface area contributed by atoms with Gasteiger partial charge in [0.25, 0.3) is 5.91 Å². The van der Waals surface area contributed by atoms with Crippen LogP contribution >= 0.6 is 11.3 Å². The number of nitrogens with one attached hydrogen (secondary N) is 1. The van der Waals surface area contributed by atoms with Gasteiger partial charge in [0.2, 0.25) is 0 Å². The van der Waals surface area contributed by atoms with E-state index in [1.165, 1.54) is 29.5 Å². The van der Waals surface area contributed by atoms with Gasteiger partial charge in [-0.25, -0.2) is 9.78 Å². The summed E-state index contributed by atoms with van der Waals surface area (Å²) in [4.78, 5) is 26.4. The average Bonchev–Trinajstić information content (AvgIpc) is 2.82. The van der Waals surface area contributed by atoms with Crippen molar-refractivity contribution in [1.82, 2.24) is 4.98 Å². The largest absolute Gasteiger partial charge is 0.478 e. The van der Waals surface area contributed by atoms with Gasteiger partial charge in [-0.05, 0) is 18.2 Å². The van der Waals surface area contributed by atoms with Crippen LogP contribution < -0.4 is 5.32 Å². The van der Waals surface area contributed by atoms with E-state index in [2.05, 4.69) is 10.3 Å². The lowest BCUT2D eigenvalue weighted by molar-refractivity contribution is 0.0697. The predicted molar refractivity (Wildman–Crippen MR) is 63.5 cm³/mol. The van der Waals surface area contributed by atoms with Crippen LogP contribution in [0.15, 0.2) is 35.8 Å². The number of anilines is 1. The fraction of sp³-hybridized carbons (Fsp3) is 0. The minimum absolute atomic E-state index is 0.0804. The van der Waals surface area contributed by atoms with E-state index >= 15 is 0 Å². The number of benzene rings is 1. The molecule has 0 bridgehead atoms. The summed E-state index contributed by atoms with van der Waals surface area (Å²) >= 11 is 1.30. The first-order valence-corrected chi connectivity index (χ1v) is 5.59. The lowest BCUT2D eigenvalue weighted by Gasteiger charge is -2.02. The van der Waals surface area contributed by atoms with Crippen LogP contribution in [0.5, 0.6) is 0 Å². The Bertz CT molecular complexity index is 552. The molecule has 17 heavy (non-hydrogen) atoms. The molecule has 0 fully saturated rings. The molecule has 1 aromatic heterocycles. The molecule has 0 spiro atoms. The Morgan fingerprint density at radius 3 is 2.71 bits per heavy atom. The van der Waals surface area contributed by atoms with Gasteiger partial charge in [-0.15, -0.1) is 11.3 Å². The SMILES string of the molecule is O=C(O)c1cccc(C(=O)Nc2nccs2)c1. The van der Waals surface area contributed by atoms with Crippen molar-refractivity contribution in [3.63, 3.8) is 0 Å². The lowest BCUT2D eigenvalue weighted by Crippen LogP contribution is -2.12. The number of nitrogens with zero attached hydrogens (tertiary/aromatic N) is 1. The van der Waals surface area contributed by atoms with Gasteiger partial charge < -0.3 is 5.11 Å². The third-order valence-corrected chi connectivity index (χ3v) is 2.71. The van der Waals surface area contributed by atoms with Crippen molar-refractivity contribution in [1.29, 1.82) is 0 Å². The summed E-state index contributed by atoms with van der Waals surface area (Å²) in [5.41, 5.74) is 0.372. The van der Waals surface area contributed by atoms with Crippen molar-refractivity contribution in [3.8, 4) is 0 Å². The molecule has 2 rings (SSSR count). The molecule has 86 valence electrons. The fourth-order valence-corrected chi connectivity index (χ4v) is 1.77. The van der Waals surface area contributed by atoms with Gasteiger partial charge in [0.15, 0.2) is 5.13 Å². The molecule has 0 saturated heterocycles. The number of carboxylic acids is 1. The highest BCUT2D eigenvalue weighted by molar-refractivity contribution is 7.13. The Kier molecular flexibility index (Phi) is 3.15. The van der Waals surface area contributed by atoms with Crippen LogP contribution in [0.1, 0.15) is 20.7 Å². The first-order chi connectivity index (χ1) is 8.16. The Labute approximate surface area is 101 Å². The molecule has 1 amide bonds. The van der Waals surface area contributed by atoms with Gasteiger partial charge in [0.1, 0.15) is 0 Å². The normalized spacial score (nSPS) is 9.88. The Morgan fingerprint density at radius 2 is 2.06 bits per heavy atom. The number of carbonyl (C=O) groups is 2. The number of aromatic nitrogens is 1. The minimum atomic E-state index is -1.06. The highest BCUT2D eigenvalue weighted by Crippen LogP contribution is 2.13. The zero-order valence-corrected chi connectivity index (χ0v) is 9.40. The molecular formula is C11H8N2O3S. The van der Waals surface area contributed by atoms with Crippen LogP contribution in [0, 0.1) is 0 Å². The average molecular weight is 248 g/mol. The maximum absolute atomic E-state index is 11.7. The molecule has 0 aliphatic heterocycles. The second kappa shape index (κ2) is 4.75. The lowest BCUT2D eigenvalue weighted by atomic mass is 10.1. The van der Waals surface area contributed by atoms with Gasteiger partial charge >= 0.3 is 5.97 Å². The number of amides is 1. The van der Waals surface area contributed by atoms with E-state index in [-0.39, 0.29) is 11.5 Å². The third-order valence-electron chi connectivity index (χ3n) is 2.02. The molecule has 1 heterocycles. The highest BCUT2D eigenvalue weighted by atomic mass is 32.1. The highest BCUT2D eigenvalue weighted by Gasteiger charge is 2.10. The molecule has 0 unspecified atom stereocenters. The van der Waals surface area contributed by atoms with Crippen LogP contribution in [-0.4, -0.2) is 22.0 Å². The van der Waals surface area contributed by atoms with Crippen molar-refractivity contribution >= 4 is 28.3 Å². The van der Waals surface area contributed by atoms with Gasteiger partial charge in [0, 0.05) is 17.1 Å². The van der Waals surface area contributed by atoms with Crippen LogP contribution in [0.2, 0.25) is 0 Å². The van der Waals surface area contributed by atoms with Crippen molar-refractivity contribution < 1.29 is 14.7 Å². The summed E-state index contributed by atoms with van der Waals surface area (Å²) in [6, 6.07) is 5.84. The molecule has 0 radical (unpaired) electrons. The molecule has 0 atom stereocenters. The number of aromatic carboxylic acids is 1. The molecule has 2 N–H and O–H groups in total. The first kappa shape index (κ1) is 11.3. The van der Waals surface area contributed by atoms with Crippen LogP contribution in [0.3, 0.4) is 0 Å². The Hall–Kier alpha value is -2.21. The van der Waals surface area contributed by atoms with Crippen LogP contribution in [-0.2, 0) is 0 Å². The number of thiazole rings is 1. The van der Waals surface area contributed by atoms with E-state index in [1.807, 2.05) is 0 Å². The summed E-state index contributed by atoms with van der Waals surface area (Å²) in [7, 11) is 0. The zero-order valence-electron chi connectivity index (χ0n) is 8.58. The maximum Gasteiger partial charge on any atom is 0.335 e. The summed E-state index contributed by atoms with van der Waals surface area (Å²) in [6.07, 6.45) is 1.58. The molecule has 0 saturated carbocycles. The summed E-state index contributed by atoms with van der Waals surface area (Å²) in [5, 5.41) is 13.6. The number of hydrogen-bond acceptors (Lipinski definition) is 4. The van der Waals surface area contributed by atoms with Gasteiger partial charge in [0.05, 0.1) is 5.56 Å². The van der Waals surface area contributed by atoms with Crippen molar-refractivity contribution in [3.05, 3.63) is 47.0 Å². The smallest absolute Gasteiger partial charge is 0.335 e. The number of carboxylic acid groups (broad SMARTS) is 1. The Morgan fingerprint density at radius 1 is 1.29 bits per heavy atom. The molecular weight excluding hydrogens is 240 g/mol. The molecule has 6 heteroatoms. The van der Waals surface area contributed by atoms with E-state index < -0.39 is 5.97 Å². The number of rotatable bonds is 3. The third kappa shape index (κ3) is 2.67. The first-order valence-electron chi connectivity index (χ1n) is 4.71. The second-order valence-electron chi connectivity index (χ2n) is 3.18. The molecule has 5 nitrogen and oxygen atoms in total. The zero-order chi connectivity index (χ0) is 12.3. The predicted octanol–water partition coefficient (Wildman–Crippen LogP) is 2.09. The van der Waals surface area contributed by atoms with Crippen molar-refractivity contribution in [2.75, 3.05) is 5.32 Å². The van der Waals surface area contributed by atoms with Gasteiger partial charge in [-0.1, -0.05) is 6.07 Å². The topological polar surface area (TPSA) is 79.3 Å². The Balaban J connectivity index is 2.19. The molecule has 0 aliphatic rings. The van der Waals surface area contributed by atoms with E-state index in [1.54, 1.807) is 17.6 Å². The molecule has 1 aromatic carbocycles. The second-order valence-corrected chi connectivity index (χ2v) is 4.07. The van der Waals surface area contributed by atoms with Crippen molar-refractivity contribution in [2.24, 2.45) is 0 Å². The van der Waals surface area contributed by atoms with Crippen LogP contribution in [0.25, 0.3) is 0 Å². The van der Waals surface area contributed by atoms with Gasteiger partial charge in [-0.2, -0.15) is 0 Å². The standard InChI is InChI=1S/C11H8N2O3S/c14-9(13-11-12-4-5-17-11)7-2-1-3-8(6-7)10(15)16/h1-6H,(H,15,16)(H,12,13,14). The quantitative estimate of drug-likeness (QED) is 0.871. The fourth-order valence-electron chi connectivity index (χ4n) is 1.25. The van der Waals surface area contributed by atoms with E-state index in [0.29, 0.717) is 10.7 Å². The summed E-state index contributed by atoms with van der Waals surface area (Å²) < 4.78 is 0. The molecule has 0 aliphatic carbocycles. The van der Waals surface area contributed by atoms with Crippen LogP contribution in [0.4, 0.5) is 5.13 Å². The van der Waals surface area contributed by atoms with E-state index in [0.717, 1.165) is 0 Å². The van der Waals surface area contributed by atoms with E-state index in [9.17, 15) is 9.59 Å². The summed E-state index contributed by atoms with van der Waals surface area (Å²) in [5.74, 6) is -1.43. The number of hydrogen-bond donors (Lipinski definition) is 2. The molecule has 2 aromatic rings. The maximum atomic E-state index is 11.7. The minimum Gasteiger partial charge on any atom is -0.478 e. The van der Waals surface area contributed by atoms with E-state index in [4.69, 9.17) is 5.11 Å².